The average Bonchev–Trinajstić information content (AvgIpc) is 2.76. The van der Waals surface area contributed by atoms with Gasteiger partial charge in [0.05, 0.1) is 26.9 Å². The molecule has 8 heteroatoms. The molecule has 1 fully saturated rings. The number of benzene rings is 2. The smallest absolute Gasteiger partial charge is 0.262 e. The summed E-state index contributed by atoms with van der Waals surface area (Å²) in [4.78, 5) is 30.9. The third kappa shape index (κ3) is 4.77. The van der Waals surface area contributed by atoms with Gasteiger partial charge in [-0.05, 0) is 50.1 Å². The summed E-state index contributed by atoms with van der Waals surface area (Å²) in [5, 5.41) is 3.46. The number of nitrogens with one attached hydrogen (secondary N) is 1. The number of para-hydroxylation sites is 1. The van der Waals surface area contributed by atoms with Crippen molar-refractivity contribution in [3.63, 3.8) is 0 Å². The van der Waals surface area contributed by atoms with Gasteiger partial charge < -0.3 is 5.32 Å². The summed E-state index contributed by atoms with van der Waals surface area (Å²) in [5.74, 6) is -0.765. The molecule has 5 nitrogen and oxygen atoms in total. The van der Waals surface area contributed by atoms with E-state index >= 15 is 0 Å². The molecule has 31 heavy (non-hydrogen) atoms. The van der Waals surface area contributed by atoms with Crippen LogP contribution < -0.4 is 10.9 Å². The van der Waals surface area contributed by atoms with Gasteiger partial charge in [0.25, 0.3) is 5.56 Å². The Morgan fingerprint density at radius 1 is 1.23 bits per heavy atom. The molecule has 2 aromatic carbocycles. The van der Waals surface area contributed by atoms with Crippen LogP contribution in [0, 0.1) is 5.82 Å². The molecule has 0 aliphatic heterocycles. The predicted molar refractivity (Wildman–Crippen MR) is 123 cm³/mol. The number of halogens is 2. The van der Waals surface area contributed by atoms with Crippen LogP contribution in [-0.4, -0.2) is 20.7 Å². The molecule has 162 valence electrons. The van der Waals surface area contributed by atoms with Gasteiger partial charge in [-0.3, -0.25) is 14.2 Å². The van der Waals surface area contributed by atoms with E-state index in [9.17, 15) is 14.0 Å². The Morgan fingerprint density at radius 2 is 1.97 bits per heavy atom. The molecule has 1 saturated carbocycles. The first-order chi connectivity index (χ1) is 14.9. The lowest BCUT2D eigenvalue weighted by molar-refractivity contribution is -0.115. The maximum atomic E-state index is 13.3. The molecule has 1 atom stereocenters. The molecular weight excluding hydrogens is 437 g/mol. The summed E-state index contributed by atoms with van der Waals surface area (Å²) in [7, 11) is 0. The number of thioether (sulfide) groups is 1. The Labute approximate surface area is 189 Å². The molecule has 4 rings (SSSR count). The molecular formula is C23H23ClFN3O2S. The highest BCUT2D eigenvalue weighted by Crippen LogP contribution is 2.33. The van der Waals surface area contributed by atoms with Gasteiger partial charge in [-0.15, -0.1) is 0 Å². The van der Waals surface area contributed by atoms with Crippen molar-refractivity contribution in [1.82, 2.24) is 9.55 Å². The summed E-state index contributed by atoms with van der Waals surface area (Å²) in [5.41, 5.74) is 0.905. The van der Waals surface area contributed by atoms with Gasteiger partial charge in [0, 0.05) is 6.04 Å². The van der Waals surface area contributed by atoms with E-state index in [1.165, 1.54) is 30.3 Å². The van der Waals surface area contributed by atoms with Gasteiger partial charge in [0.2, 0.25) is 5.91 Å². The Hall–Kier alpha value is -2.38. The van der Waals surface area contributed by atoms with Crippen molar-refractivity contribution in [3.8, 4) is 0 Å². The molecule has 0 bridgehead atoms. The van der Waals surface area contributed by atoms with E-state index in [0.29, 0.717) is 21.7 Å². The van der Waals surface area contributed by atoms with E-state index in [2.05, 4.69) is 5.32 Å². The van der Waals surface area contributed by atoms with Crippen molar-refractivity contribution >= 4 is 45.9 Å². The fourth-order valence-corrected chi connectivity index (χ4v) is 5.10. The van der Waals surface area contributed by atoms with Crippen molar-refractivity contribution in [2.24, 2.45) is 0 Å². The lowest BCUT2D eigenvalue weighted by Gasteiger charge is -2.26. The second-order valence-electron chi connectivity index (χ2n) is 7.75. The molecule has 3 aromatic rings. The standard InChI is InChI=1S/C23H23ClFN3O2S/c1-14(21(29)26-20-12-11-15(25)13-18(20)24)31-23-27-19-10-6-5-9-17(19)22(30)28(23)16-7-3-2-4-8-16/h5-6,9-14,16H,2-4,7-8H2,1H3,(H,26,29). The van der Waals surface area contributed by atoms with E-state index in [-0.39, 0.29) is 22.5 Å². The largest absolute Gasteiger partial charge is 0.324 e. The number of anilines is 1. The third-order valence-corrected chi connectivity index (χ3v) is 6.93. The molecule has 1 heterocycles. The number of hydrogen-bond donors (Lipinski definition) is 1. The van der Waals surface area contributed by atoms with Crippen LogP contribution in [0.2, 0.25) is 5.02 Å². The topological polar surface area (TPSA) is 64.0 Å². The second kappa shape index (κ2) is 9.40. The quantitative estimate of drug-likeness (QED) is 0.386. The highest BCUT2D eigenvalue weighted by atomic mass is 35.5. The van der Waals surface area contributed by atoms with Crippen LogP contribution in [0.25, 0.3) is 10.9 Å². The minimum absolute atomic E-state index is 0.0609. The first-order valence-corrected chi connectivity index (χ1v) is 11.6. The number of carbonyl (C=O) groups excluding carboxylic acids is 1. The average molecular weight is 460 g/mol. The fourth-order valence-electron chi connectivity index (χ4n) is 3.91. The lowest BCUT2D eigenvalue weighted by atomic mass is 9.95. The maximum Gasteiger partial charge on any atom is 0.262 e. The number of fused-ring (bicyclic) bond motifs is 1. The van der Waals surface area contributed by atoms with Gasteiger partial charge in [0.15, 0.2) is 5.16 Å². The molecule has 1 unspecified atom stereocenters. The van der Waals surface area contributed by atoms with Gasteiger partial charge in [-0.2, -0.15) is 0 Å². The summed E-state index contributed by atoms with van der Waals surface area (Å²) < 4.78 is 15.1. The Balaban J connectivity index is 1.64. The van der Waals surface area contributed by atoms with Crippen molar-refractivity contribution in [3.05, 3.63) is 63.7 Å². The van der Waals surface area contributed by atoms with E-state index in [1.54, 1.807) is 17.6 Å². The van der Waals surface area contributed by atoms with E-state index in [1.807, 2.05) is 18.2 Å². The van der Waals surface area contributed by atoms with Crippen LogP contribution >= 0.6 is 23.4 Å². The zero-order chi connectivity index (χ0) is 22.0. The highest BCUT2D eigenvalue weighted by molar-refractivity contribution is 8.00. The minimum Gasteiger partial charge on any atom is -0.324 e. The molecule has 1 amide bonds. The summed E-state index contributed by atoms with van der Waals surface area (Å²) in [6, 6.07) is 11.2. The van der Waals surface area contributed by atoms with Gasteiger partial charge in [0.1, 0.15) is 5.82 Å². The molecule has 1 aliphatic carbocycles. The number of rotatable bonds is 5. The molecule has 1 N–H and O–H groups in total. The molecule has 1 aliphatic rings. The Morgan fingerprint density at radius 3 is 2.71 bits per heavy atom. The lowest BCUT2D eigenvalue weighted by Crippen LogP contribution is -2.30. The number of hydrogen-bond acceptors (Lipinski definition) is 4. The van der Waals surface area contributed by atoms with Crippen LogP contribution in [0.15, 0.2) is 52.4 Å². The normalized spacial score (nSPS) is 15.7. The summed E-state index contributed by atoms with van der Waals surface area (Å²) in [6.45, 7) is 1.75. The van der Waals surface area contributed by atoms with E-state index in [0.717, 1.165) is 31.7 Å². The number of carbonyl (C=O) groups is 1. The van der Waals surface area contributed by atoms with Gasteiger partial charge in [-0.1, -0.05) is 54.8 Å². The Kier molecular flexibility index (Phi) is 6.62. The summed E-state index contributed by atoms with van der Waals surface area (Å²) in [6.07, 6.45) is 5.19. The van der Waals surface area contributed by atoms with Crippen molar-refractivity contribution in [2.75, 3.05) is 5.32 Å². The predicted octanol–water partition coefficient (Wildman–Crippen LogP) is 5.81. The molecule has 0 spiro atoms. The van der Waals surface area contributed by atoms with Crippen molar-refractivity contribution < 1.29 is 9.18 Å². The summed E-state index contributed by atoms with van der Waals surface area (Å²) >= 11 is 7.28. The molecule has 0 saturated heterocycles. The zero-order valence-corrected chi connectivity index (χ0v) is 18.7. The fraction of sp³-hybridized carbons (Fsp3) is 0.348. The van der Waals surface area contributed by atoms with Crippen molar-refractivity contribution in [2.45, 2.75) is 55.5 Å². The third-order valence-electron chi connectivity index (χ3n) is 5.56. The van der Waals surface area contributed by atoms with E-state index in [4.69, 9.17) is 16.6 Å². The van der Waals surface area contributed by atoms with Gasteiger partial charge >= 0.3 is 0 Å². The van der Waals surface area contributed by atoms with Crippen LogP contribution in [0.1, 0.15) is 45.1 Å². The van der Waals surface area contributed by atoms with Crippen molar-refractivity contribution in [1.29, 1.82) is 0 Å². The first-order valence-electron chi connectivity index (χ1n) is 10.4. The SMILES string of the molecule is CC(Sc1nc2ccccc2c(=O)n1C1CCCCC1)C(=O)Nc1ccc(F)cc1Cl. The van der Waals surface area contributed by atoms with E-state index < -0.39 is 11.1 Å². The second-order valence-corrected chi connectivity index (χ2v) is 9.47. The maximum absolute atomic E-state index is 13.3. The zero-order valence-electron chi connectivity index (χ0n) is 17.1. The van der Waals surface area contributed by atoms with Crippen LogP contribution in [-0.2, 0) is 4.79 Å². The Bertz CT molecular complexity index is 1180. The minimum atomic E-state index is -0.538. The number of aromatic nitrogens is 2. The highest BCUT2D eigenvalue weighted by Gasteiger charge is 2.25. The number of amides is 1. The van der Waals surface area contributed by atoms with Crippen LogP contribution in [0.3, 0.4) is 0 Å². The van der Waals surface area contributed by atoms with Gasteiger partial charge in [-0.25, -0.2) is 9.37 Å². The molecule has 1 aromatic heterocycles. The molecule has 0 radical (unpaired) electrons. The van der Waals surface area contributed by atoms with Crippen LogP contribution in [0.4, 0.5) is 10.1 Å². The number of nitrogens with zero attached hydrogens (tertiary/aromatic N) is 2. The first kappa shape index (κ1) is 21.8. The monoisotopic (exact) mass is 459 g/mol. The van der Waals surface area contributed by atoms with Crippen LogP contribution in [0.5, 0.6) is 0 Å².